The second-order valence-electron chi connectivity index (χ2n) is 7.77. The molecule has 1 unspecified atom stereocenters. The smallest absolute Gasteiger partial charge is 0.255 e. The number of rotatable bonds is 4. The second kappa shape index (κ2) is 6.36. The van der Waals surface area contributed by atoms with Crippen molar-refractivity contribution < 1.29 is 4.79 Å². The van der Waals surface area contributed by atoms with Gasteiger partial charge in [0.2, 0.25) is 0 Å². The van der Waals surface area contributed by atoms with E-state index in [2.05, 4.69) is 34.0 Å². The molecule has 2 aromatic heterocycles. The van der Waals surface area contributed by atoms with Crippen LogP contribution < -0.4 is 0 Å². The lowest BCUT2D eigenvalue weighted by Crippen LogP contribution is -2.41. The van der Waals surface area contributed by atoms with Gasteiger partial charge in [-0.05, 0) is 58.4 Å². The van der Waals surface area contributed by atoms with E-state index in [1.54, 1.807) is 0 Å². The van der Waals surface area contributed by atoms with Gasteiger partial charge in [-0.1, -0.05) is 0 Å². The molecule has 0 aromatic carbocycles. The Kier molecular flexibility index (Phi) is 4.18. The highest BCUT2D eigenvalue weighted by Crippen LogP contribution is 2.33. The van der Waals surface area contributed by atoms with Crippen molar-refractivity contribution >= 4 is 5.91 Å². The van der Waals surface area contributed by atoms with E-state index < -0.39 is 0 Å². The first kappa shape index (κ1) is 16.4. The summed E-state index contributed by atoms with van der Waals surface area (Å²) in [7, 11) is 0. The molecule has 1 saturated carbocycles. The van der Waals surface area contributed by atoms with Gasteiger partial charge >= 0.3 is 0 Å². The Balaban J connectivity index is 1.53. The topological polar surface area (TPSA) is 43.1 Å². The summed E-state index contributed by atoms with van der Waals surface area (Å²) in [4.78, 5) is 19.6. The molecule has 1 aliphatic carbocycles. The van der Waals surface area contributed by atoms with E-state index in [4.69, 9.17) is 0 Å². The molecule has 2 aliphatic rings. The van der Waals surface area contributed by atoms with Crippen LogP contribution in [0, 0.1) is 26.7 Å². The van der Waals surface area contributed by atoms with E-state index in [0.29, 0.717) is 6.04 Å². The van der Waals surface area contributed by atoms with Crippen LogP contribution in [0.5, 0.6) is 0 Å². The van der Waals surface area contributed by atoms with Crippen molar-refractivity contribution in [2.75, 3.05) is 13.1 Å². The van der Waals surface area contributed by atoms with Crippen molar-refractivity contribution in [2.45, 2.75) is 59.0 Å². The third-order valence-corrected chi connectivity index (χ3v) is 5.88. The number of aromatic nitrogens is 3. The number of hydrogen-bond donors (Lipinski definition) is 0. The molecule has 5 nitrogen and oxygen atoms in total. The predicted octanol–water partition coefficient (Wildman–Crippen LogP) is 3.50. The average Bonchev–Trinajstić information content (AvgIpc) is 3.27. The van der Waals surface area contributed by atoms with E-state index >= 15 is 0 Å². The van der Waals surface area contributed by atoms with Gasteiger partial charge in [0.25, 0.3) is 5.91 Å². The number of nitrogens with zero attached hydrogens (tertiary/aromatic N) is 4. The molecule has 0 radical (unpaired) electrons. The van der Waals surface area contributed by atoms with Crippen molar-refractivity contribution in [3.63, 3.8) is 0 Å². The van der Waals surface area contributed by atoms with Crippen LogP contribution in [0.1, 0.15) is 59.3 Å². The van der Waals surface area contributed by atoms with Crippen LogP contribution in [0.25, 0.3) is 0 Å². The summed E-state index contributed by atoms with van der Waals surface area (Å²) >= 11 is 0. The summed E-state index contributed by atoms with van der Waals surface area (Å²) in [5, 5.41) is 0. The Morgan fingerprint density at radius 3 is 2.72 bits per heavy atom. The molecule has 0 bridgehead atoms. The maximum absolute atomic E-state index is 13.2. The maximum Gasteiger partial charge on any atom is 0.255 e. The first-order valence-electron chi connectivity index (χ1n) is 9.50. The van der Waals surface area contributed by atoms with Crippen molar-refractivity contribution in [2.24, 2.45) is 5.92 Å². The minimum absolute atomic E-state index is 0.192. The molecule has 3 heterocycles. The standard InChI is InChI=1S/C20H28N4O/c1-14-11-19(15(2)24(14)12-17-6-7-17)20(25)22-9-4-5-18(13-22)23-10-8-21-16(23)3/h8,10-11,17-18H,4-7,9,12-13H2,1-3H3. The fourth-order valence-corrected chi connectivity index (χ4v) is 4.17. The lowest BCUT2D eigenvalue weighted by Gasteiger charge is -2.34. The number of carbonyl (C=O) groups excluding carboxylic acids is 1. The molecule has 1 amide bonds. The van der Waals surface area contributed by atoms with E-state index in [0.717, 1.165) is 55.5 Å². The largest absolute Gasteiger partial charge is 0.348 e. The summed E-state index contributed by atoms with van der Waals surface area (Å²) in [6, 6.07) is 2.43. The molecule has 4 rings (SSSR count). The molecule has 2 fully saturated rings. The minimum atomic E-state index is 0.192. The quantitative estimate of drug-likeness (QED) is 0.855. The van der Waals surface area contributed by atoms with E-state index in [-0.39, 0.29) is 5.91 Å². The van der Waals surface area contributed by atoms with Gasteiger partial charge in [-0.2, -0.15) is 0 Å². The fourth-order valence-electron chi connectivity index (χ4n) is 4.17. The first-order valence-corrected chi connectivity index (χ1v) is 9.50. The van der Waals surface area contributed by atoms with Crippen LogP contribution in [0.15, 0.2) is 18.5 Å². The molecule has 134 valence electrons. The third kappa shape index (κ3) is 3.12. The van der Waals surface area contributed by atoms with Crippen molar-refractivity contribution in [3.8, 4) is 0 Å². The lowest BCUT2D eigenvalue weighted by molar-refractivity contribution is 0.0677. The van der Waals surface area contributed by atoms with Crippen LogP contribution in [-0.2, 0) is 6.54 Å². The van der Waals surface area contributed by atoms with Gasteiger partial charge in [0.1, 0.15) is 5.82 Å². The molecule has 0 N–H and O–H groups in total. The van der Waals surface area contributed by atoms with Crippen LogP contribution in [0.2, 0.25) is 0 Å². The van der Waals surface area contributed by atoms with Crippen molar-refractivity contribution in [3.05, 3.63) is 41.2 Å². The normalized spacial score (nSPS) is 20.9. The number of amides is 1. The van der Waals surface area contributed by atoms with Gasteiger partial charge in [-0.3, -0.25) is 4.79 Å². The molecule has 1 atom stereocenters. The SMILES string of the molecule is Cc1nccn1C1CCCN(C(=O)c2cc(C)n(CC3CC3)c2C)C1. The Hall–Kier alpha value is -2.04. The highest BCUT2D eigenvalue weighted by Gasteiger charge is 2.29. The number of likely N-dealkylation sites (tertiary alicyclic amines) is 1. The van der Waals surface area contributed by atoms with Gasteiger partial charge < -0.3 is 14.0 Å². The number of carbonyl (C=O) groups is 1. The molecule has 0 spiro atoms. The molecular weight excluding hydrogens is 312 g/mol. The lowest BCUT2D eigenvalue weighted by atomic mass is 10.0. The summed E-state index contributed by atoms with van der Waals surface area (Å²) in [5.41, 5.74) is 3.24. The monoisotopic (exact) mass is 340 g/mol. The molecule has 1 aliphatic heterocycles. The molecular formula is C20H28N4O. The molecule has 1 saturated heterocycles. The van der Waals surface area contributed by atoms with Gasteiger partial charge in [-0.15, -0.1) is 0 Å². The average molecular weight is 340 g/mol. The fraction of sp³-hybridized carbons (Fsp3) is 0.600. The zero-order valence-corrected chi connectivity index (χ0v) is 15.5. The van der Waals surface area contributed by atoms with Gasteiger partial charge in [-0.25, -0.2) is 4.98 Å². The van der Waals surface area contributed by atoms with Crippen molar-refractivity contribution in [1.82, 2.24) is 19.0 Å². The number of hydrogen-bond acceptors (Lipinski definition) is 2. The van der Waals surface area contributed by atoms with Gasteiger partial charge in [0, 0.05) is 43.4 Å². The highest BCUT2D eigenvalue weighted by atomic mass is 16.2. The highest BCUT2D eigenvalue weighted by molar-refractivity contribution is 5.95. The minimum Gasteiger partial charge on any atom is -0.348 e. The predicted molar refractivity (Wildman–Crippen MR) is 97.8 cm³/mol. The van der Waals surface area contributed by atoms with E-state index in [1.165, 1.54) is 18.5 Å². The van der Waals surface area contributed by atoms with Crippen LogP contribution in [-0.4, -0.2) is 38.0 Å². The van der Waals surface area contributed by atoms with E-state index in [9.17, 15) is 4.79 Å². The summed E-state index contributed by atoms with van der Waals surface area (Å²) in [6.07, 6.45) is 8.71. The molecule has 2 aromatic rings. The summed E-state index contributed by atoms with van der Waals surface area (Å²) in [6.45, 7) is 8.97. The van der Waals surface area contributed by atoms with Crippen LogP contribution in [0.3, 0.4) is 0 Å². The Bertz CT molecular complexity index is 784. The molecule has 5 heteroatoms. The van der Waals surface area contributed by atoms with Gasteiger partial charge in [0.15, 0.2) is 0 Å². The Morgan fingerprint density at radius 2 is 2.04 bits per heavy atom. The number of imidazole rings is 1. The second-order valence-corrected chi connectivity index (χ2v) is 7.77. The maximum atomic E-state index is 13.2. The zero-order chi connectivity index (χ0) is 17.6. The number of aryl methyl sites for hydroxylation is 2. The van der Waals surface area contributed by atoms with Crippen LogP contribution >= 0.6 is 0 Å². The van der Waals surface area contributed by atoms with Crippen LogP contribution in [0.4, 0.5) is 0 Å². The van der Waals surface area contributed by atoms with E-state index in [1.807, 2.05) is 24.2 Å². The third-order valence-electron chi connectivity index (χ3n) is 5.88. The Labute approximate surface area is 149 Å². The van der Waals surface area contributed by atoms with Crippen molar-refractivity contribution in [1.29, 1.82) is 0 Å². The zero-order valence-electron chi connectivity index (χ0n) is 15.5. The summed E-state index contributed by atoms with van der Waals surface area (Å²) < 4.78 is 4.56. The first-order chi connectivity index (χ1) is 12.0. The number of piperidine rings is 1. The Morgan fingerprint density at radius 1 is 1.24 bits per heavy atom. The van der Waals surface area contributed by atoms with Gasteiger partial charge in [0.05, 0.1) is 11.6 Å². The molecule has 25 heavy (non-hydrogen) atoms. The summed E-state index contributed by atoms with van der Waals surface area (Å²) in [5.74, 6) is 2.04.